The van der Waals surface area contributed by atoms with Crippen LogP contribution in [0, 0.1) is 5.92 Å². The molecule has 0 aromatic rings. The molecule has 6 heteroatoms. The van der Waals surface area contributed by atoms with Crippen molar-refractivity contribution in [3.05, 3.63) is 0 Å². The molecule has 28 heavy (non-hydrogen) atoms. The summed E-state index contributed by atoms with van der Waals surface area (Å²) in [6, 6.07) is 0.810. The first-order valence-corrected chi connectivity index (χ1v) is 11.4. The third-order valence-electron chi connectivity index (χ3n) is 6.90. The molecule has 6 nitrogen and oxygen atoms in total. The third kappa shape index (κ3) is 5.85. The fourth-order valence-electron chi connectivity index (χ4n) is 5.02. The van der Waals surface area contributed by atoms with Crippen LogP contribution in [0.3, 0.4) is 0 Å². The summed E-state index contributed by atoms with van der Waals surface area (Å²) in [5.41, 5.74) is 0.0663. The van der Waals surface area contributed by atoms with Gasteiger partial charge in [0.1, 0.15) is 6.54 Å². The van der Waals surface area contributed by atoms with Crippen molar-refractivity contribution in [3.63, 3.8) is 0 Å². The molecule has 3 fully saturated rings. The first-order valence-electron chi connectivity index (χ1n) is 11.4. The first-order chi connectivity index (χ1) is 13.5. The number of rotatable bonds is 4. The van der Waals surface area contributed by atoms with E-state index in [-0.39, 0.29) is 18.1 Å². The van der Waals surface area contributed by atoms with E-state index in [1.54, 1.807) is 19.0 Å². The molecule has 2 N–H and O–H groups in total. The molecule has 2 saturated carbocycles. The van der Waals surface area contributed by atoms with Gasteiger partial charge in [0.05, 0.1) is 5.60 Å². The van der Waals surface area contributed by atoms with Gasteiger partial charge in [-0.3, -0.25) is 4.79 Å². The van der Waals surface area contributed by atoms with Crippen molar-refractivity contribution in [1.29, 1.82) is 0 Å². The van der Waals surface area contributed by atoms with Crippen LogP contribution in [0.2, 0.25) is 0 Å². The van der Waals surface area contributed by atoms with Crippen molar-refractivity contribution >= 4 is 11.9 Å². The molecular weight excluding hydrogens is 352 g/mol. The van der Waals surface area contributed by atoms with Crippen LogP contribution in [-0.4, -0.2) is 61.7 Å². The molecule has 0 bridgehead atoms. The van der Waals surface area contributed by atoms with Crippen molar-refractivity contribution in [2.75, 3.05) is 27.2 Å². The number of ether oxygens (including phenoxy) is 1. The Kier molecular flexibility index (Phi) is 7.61. The van der Waals surface area contributed by atoms with Crippen LogP contribution in [0.25, 0.3) is 0 Å². The second kappa shape index (κ2) is 9.95. The zero-order valence-corrected chi connectivity index (χ0v) is 18.1. The molecule has 3 rings (SSSR count). The Morgan fingerprint density at radius 2 is 1.82 bits per heavy atom. The number of hydrogen-bond acceptors (Lipinski definition) is 3. The SMILES string of the molecule is CC1CCCCC1NC(=NCC(=O)N(C)C)NC1CCOC2(CCCCC2)C1. The molecule has 1 heterocycles. The van der Waals surface area contributed by atoms with E-state index >= 15 is 0 Å². The van der Waals surface area contributed by atoms with Gasteiger partial charge in [0.15, 0.2) is 5.96 Å². The highest BCUT2D eigenvalue weighted by molar-refractivity contribution is 5.85. The molecule has 2 aliphatic carbocycles. The molecule has 3 unspecified atom stereocenters. The van der Waals surface area contributed by atoms with E-state index < -0.39 is 0 Å². The van der Waals surface area contributed by atoms with Gasteiger partial charge in [-0.1, -0.05) is 39.0 Å². The van der Waals surface area contributed by atoms with E-state index in [4.69, 9.17) is 4.74 Å². The number of aliphatic imine (C=N–C) groups is 1. The summed E-state index contributed by atoms with van der Waals surface area (Å²) in [7, 11) is 3.57. The number of nitrogens with one attached hydrogen (secondary N) is 2. The lowest BCUT2D eigenvalue weighted by Gasteiger charge is -2.44. The molecule has 1 saturated heterocycles. The number of hydrogen-bond donors (Lipinski definition) is 2. The van der Waals surface area contributed by atoms with E-state index in [2.05, 4.69) is 22.5 Å². The standard InChI is InChI=1S/C22H40N4O2/c1-17-9-5-6-10-19(17)25-21(23-16-20(27)26(2)3)24-18-11-14-28-22(15-18)12-7-4-8-13-22/h17-19H,4-16H2,1-3H3,(H2,23,24,25). The molecule has 0 aromatic carbocycles. The summed E-state index contributed by atoms with van der Waals surface area (Å²) < 4.78 is 6.25. The average molecular weight is 393 g/mol. The maximum Gasteiger partial charge on any atom is 0.243 e. The maximum absolute atomic E-state index is 12.1. The smallest absolute Gasteiger partial charge is 0.243 e. The van der Waals surface area contributed by atoms with Crippen LogP contribution in [-0.2, 0) is 9.53 Å². The molecule has 0 aromatic heterocycles. The van der Waals surface area contributed by atoms with Crippen molar-refractivity contribution in [1.82, 2.24) is 15.5 Å². The predicted molar refractivity (Wildman–Crippen MR) is 113 cm³/mol. The van der Waals surface area contributed by atoms with Gasteiger partial charge in [0, 0.05) is 32.8 Å². The summed E-state index contributed by atoms with van der Waals surface area (Å²) in [5, 5.41) is 7.34. The number of carbonyl (C=O) groups is 1. The van der Waals surface area contributed by atoms with Crippen LogP contribution in [0.5, 0.6) is 0 Å². The highest BCUT2D eigenvalue weighted by Gasteiger charge is 2.39. The maximum atomic E-state index is 12.1. The second-order valence-electron chi connectivity index (χ2n) is 9.39. The zero-order valence-electron chi connectivity index (χ0n) is 18.1. The van der Waals surface area contributed by atoms with E-state index in [1.165, 1.54) is 57.8 Å². The lowest BCUT2D eigenvalue weighted by molar-refractivity contribution is -0.127. The van der Waals surface area contributed by atoms with Crippen LogP contribution < -0.4 is 10.6 Å². The Morgan fingerprint density at radius 3 is 2.54 bits per heavy atom. The molecule has 1 aliphatic heterocycles. The topological polar surface area (TPSA) is 66.0 Å². The minimum Gasteiger partial charge on any atom is -0.375 e. The third-order valence-corrected chi connectivity index (χ3v) is 6.90. The molecule has 1 amide bonds. The van der Waals surface area contributed by atoms with E-state index in [9.17, 15) is 4.79 Å². The normalized spacial score (nSPS) is 30.7. The van der Waals surface area contributed by atoms with Crippen LogP contribution in [0.1, 0.15) is 77.6 Å². The Hall–Kier alpha value is -1.30. The number of guanidine groups is 1. The van der Waals surface area contributed by atoms with Gasteiger partial charge in [-0.25, -0.2) is 4.99 Å². The van der Waals surface area contributed by atoms with Gasteiger partial charge in [0.25, 0.3) is 0 Å². The van der Waals surface area contributed by atoms with Crippen LogP contribution in [0.4, 0.5) is 0 Å². The molecule has 1 spiro atoms. The molecule has 160 valence electrons. The van der Waals surface area contributed by atoms with Gasteiger partial charge in [-0.05, 0) is 44.4 Å². The largest absolute Gasteiger partial charge is 0.375 e. The minimum absolute atomic E-state index is 0.0357. The van der Waals surface area contributed by atoms with Gasteiger partial charge in [-0.15, -0.1) is 0 Å². The fourth-order valence-corrected chi connectivity index (χ4v) is 5.02. The molecule has 3 aliphatic rings. The van der Waals surface area contributed by atoms with Crippen molar-refractivity contribution in [2.24, 2.45) is 10.9 Å². The lowest BCUT2D eigenvalue weighted by Crippen LogP contribution is -2.54. The quantitative estimate of drug-likeness (QED) is 0.570. The highest BCUT2D eigenvalue weighted by atomic mass is 16.5. The van der Waals surface area contributed by atoms with Crippen molar-refractivity contribution in [2.45, 2.75) is 95.2 Å². The minimum atomic E-state index is 0.0357. The zero-order chi connectivity index (χ0) is 20.0. The average Bonchev–Trinajstić information content (AvgIpc) is 2.68. The van der Waals surface area contributed by atoms with E-state index in [1.807, 2.05) is 0 Å². The molecular formula is C22H40N4O2. The number of nitrogens with zero attached hydrogens (tertiary/aromatic N) is 2. The van der Waals surface area contributed by atoms with Crippen LogP contribution in [0.15, 0.2) is 4.99 Å². The Morgan fingerprint density at radius 1 is 1.07 bits per heavy atom. The number of carbonyl (C=O) groups excluding carboxylic acids is 1. The summed E-state index contributed by atoms with van der Waals surface area (Å²) in [4.78, 5) is 18.4. The monoisotopic (exact) mass is 392 g/mol. The summed E-state index contributed by atoms with van der Waals surface area (Å²) in [6.07, 6.45) is 13.4. The van der Waals surface area contributed by atoms with Gasteiger partial charge >= 0.3 is 0 Å². The number of amides is 1. The molecule has 3 atom stereocenters. The summed E-state index contributed by atoms with van der Waals surface area (Å²) in [6.45, 7) is 3.34. The van der Waals surface area contributed by atoms with E-state index in [0.717, 1.165) is 25.4 Å². The Labute approximate surface area is 170 Å². The van der Waals surface area contributed by atoms with Gasteiger partial charge in [-0.2, -0.15) is 0 Å². The Balaban J connectivity index is 1.65. The predicted octanol–water partition coefficient (Wildman–Crippen LogP) is 3.07. The van der Waals surface area contributed by atoms with Crippen LogP contribution >= 0.6 is 0 Å². The first kappa shape index (κ1) is 21.4. The molecule has 0 radical (unpaired) electrons. The highest BCUT2D eigenvalue weighted by Crippen LogP contribution is 2.38. The Bertz CT molecular complexity index is 537. The van der Waals surface area contributed by atoms with Gasteiger partial charge in [0.2, 0.25) is 5.91 Å². The van der Waals surface area contributed by atoms with Gasteiger partial charge < -0.3 is 20.3 Å². The van der Waals surface area contributed by atoms with E-state index in [0.29, 0.717) is 18.0 Å². The van der Waals surface area contributed by atoms with Crippen molar-refractivity contribution < 1.29 is 9.53 Å². The summed E-state index contributed by atoms with van der Waals surface area (Å²) in [5.74, 6) is 1.49. The lowest BCUT2D eigenvalue weighted by atomic mass is 9.78. The van der Waals surface area contributed by atoms with Crippen molar-refractivity contribution in [3.8, 4) is 0 Å². The second-order valence-corrected chi connectivity index (χ2v) is 9.39. The summed E-state index contributed by atoms with van der Waals surface area (Å²) >= 11 is 0. The fraction of sp³-hybridized carbons (Fsp3) is 0.909. The number of likely N-dealkylation sites (N-methyl/N-ethyl adjacent to an activating group) is 1.